The van der Waals surface area contributed by atoms with Gasteiger partial charge in [-0.05, 0) is 13.3 Å². The summed E-state index contributed by atoms with van der Waals surface area (Å²) in [7, 11) is 0. The Bertz CT molecular complexity index is 318. The number of nitrogens with zero attached hydrogens (tertiary/aromatic N) is 1. The second-order valence-electron chi connectivity index (χ2n) is 3.72. The largest absolute Gasteiger partial charge is 0.409 e. The van der Waals surface area contributed by atoms with Crippen molar-refractivity contribution in [2.75, 3.05) is 13.1 Å². The van der Waals surface area contributed by atoms with Crippen LogP contribution in [0.1, 0.15) is 20.3 Å². The first-order valence-corrected chi connectivity index (χ1v) is 5.18. The second kappa shape index (κ2) is 6.56. The molecule has 0 aromatic carbocycles. The molecule has 0 aliphatic heterocycles. The van der Waals surface area contributed by atoms with Gasteiger partial charge < -0.3 is 27.3 Å². The maximum absolute atomic E-state index is 11.8. The van der Waals surface area contributed by atoms with Crippen LogP contribution in [0.3, 0.4) is 0 Å². The molecule has 0 rings (SSSR count). The molecule has 98 valence electrons. The van der Waals surface area contributed by atoms with Crippen LogP contribution in [0.2, 0.25) is 0 Å². The Morgan fingerprint density at radius 2 is 1.82 bits per heavy atom. The topological polar surface area (TPSA) is 143 Å². The first-order valence-electron chi connectivity index (χ1n) is 5.18. The molecule has 0 bridgehead atoms. The summed E-state index contributed by atoms with van der Waals surface area (Å²) in [6.07, 6.45) is 0.387. The first kappa shape index (κ1) is 15.0. The lowest BCUT2D eigenvalue weighted by Crippen LogP contribution is -2.49. The van der Waals surface area contributed by atoms with Crippen LogP contribution in [0.15, 0.2) is 5.16 Å². The Morgan fingerprint density at radius 1 is 1.29 bits per heavy atom. The zero-order valence-electron chi connectivity index (χ0n) is 9.99. The van der Waals surface area contributed by atoms with Gasteiger partial charge in [0.2, 0.25) is 5.91 Å². The van der Waals surface area contributed by atoms with Crippen molar-refractivity contribution in [1.29, 1.82) is 0 Å². The Kier molecular flexibility index (Phi) is 5.79. The summed E-state index contributed by atoms with van der Waals surface area (Å²) < 4.78 is 0. The molecule has 0 saturated carbocycles. The number of urea groups is 1. The minimum Gasteiger partial charge on any atom is -0.409 e. The molecule has 8 nitrogen and oxygen atoms in total. The highest BCUT2D eigenvalue weighted by Crippen LogP contribution is 2.21. The molecule has 0 radical (unpaired) electrons. The third kappa shape index (κ3) is 4.17. The molecule has 0 aliphatic carbocycles. The lowest BCUT2D eigenvalue weighted by Gasteiger charge is -2.25. The van der Waals surface area contributed by atoms with Gasteiger partial charge in [-0.25, -0.2) is 4.79 Å². The molecule has 8 heteroatoms. The number of amides is 3. The van der Waals surface area contributed by atoms with Gasteiger partial charge in [0.25, 0.3) is 0 Å². The molecule has 0 saturated heterocycles. The summed E-state index contributed by atoms with van der Waals surface area (Å²) in [6, 6.07) is -0.658. The molecule has 7 N–H and O–H groups in total. The molecule has 0 aromatic heterocycles. The fourth-order valence-electron chi connectivity index (χ4n) is 1.13. The monoisotopic (exact) mass is 245 g/mol. The number of hydrogen-bond acceptors (Lipinski definition) is 4. The summed E-state index contributed by atoms with van der Waals surface area (Å²) >= 11 is 0. The summed E-state index contributed by atoms with van der Waals surface area (Å²) in [5.74, 6) is -0.526. The van der Waals surface area contributed by atoms with Crippen molar-refractivity contribution in [2.24, 2.45) is 22.0 Å². The van der Waals surface area contributed by atoms with E-state index in [1.54, 1.807) is 13.8 Å². The minimum absolute atomic E-state index is 0.152. The highest BCUT2D eigenvalue weighted by Gasteiger charge is 2.35. The van der Waals surface area contributed by atoms with E-state index in [9.17, 15) is 9.59 Å². The SMILES string of the molecule is CCC(C)(C(=O)NCCNC(N)=O)C(N)=NO. The van der Waals surface area contributed by atoms with Crippen molar-refractivity contribution in [3.05, 3.63) is 0 Å². The van der Waals surface area contributed by atoms with Crippen LogP contribution in [0, 0.1) is 5.41 Å². The molecule has 17 heavy (non-hydrogen) atoms. The molecule has 0 aliphatic rings. The smallest absolute Gasteiger partial charge is 0.312 e. The average molecular weight is 245 g/mol. The third-order valence-corrected chi connectivity index (χ3v) is 2.59. The Hall–Kier alpha value is -1.99. The summed E-state index contributed by atoms with van der Waals surface area (Å²) in [5.41, 5.74) is 9.25. The van der Waals surface area contributed by atoms with Crippen molar-refractivity contribution in [1.82, 2.24) is 10.6 Å². The standard InChI is InChI=1S/C9H19N5O3/c1-3-9(2,6(10)14-17)7(15)12-4-5-13-8(11)16/h17H,3-5H2,1-2H3,(H2,10,14)(H,12,15)(H3,11,13,16). The number of oxime groups is 1. The van der Waals surface area contributed by atoms with E-state index in [1.165, 1.54) is 0 Å². The number of nitrogens with one attached hydrogen (secondary N) is 2. The molecular weight excluding hydrogens is 226 g/mol. The fourth-order valence-corrected chi connectivity index (χ4v) is 1.13. The van der Waals surface area contributed by atoms with Gasteiger partial charge in [-0.15, -0.1) is 0 Å². The molecule has 0 aromatic rings. The molecule has 1 unspecified atom stereocenters. The zero-order valence-corrected chi connectivity index (χ0v) is 9.99. The maximum Gasteiger partial charge on any atom is 0.312 e. The van der Waals surface area contributed by atoms with Gasteiger partial charge in [-0.3, -0.25) is 4.79 Å². The highest BCUT2D eigenvalue weighted by molar-refractivity contribution is 6.06. The van der Waals surface area contributed by atoms with Crippen LogP contribution in [-0.2, 0) is 4.79 Å². The van der Waals surface area contributed by atoms with Crippen LogP contribution >= 0.6 is 0 Å². The van der Waals surface area contributed by atoms with Crippen molar-refractivity contribution in [3.8, 4) is 0 Å². The summed E-state index contributed by atoms with van der Waals surface area (Å²) in [6.45, 7) is 3.76. The van der Waals surface area contributed by atoms with Gasteiger partial charge in [0.15, 0.2) is 5.84 Å². The Labute approximate surface area is 99.4 Å². The lowest BCUT2D eigenvalue weighted by atomic mass is 9.85. The van der Waals surface area contributed by atoms with Crippen molar-refractivity contribution < 1.29 is 14.8 Å². The summed E-state index contributed by atoms with van der Waals surface area (Å²) in [4.78, 5) is 22.2. The minimum atomic E-state index is -1.07. The van der Waals surface area contributed by atoms with Crippen molar-refractivity contribution in [2.45, 2.75) is 20.3 Å². The van der Waals surface area contributed by atoms with Gasteiger partial charge in [-0.2, -0.15) is 0 Å². The van der Waals surface area contributed by atoms with Crippen molar-refractivity contribution in [3.63, 3.8) is 0 Å². The average Bonchev–Trinajstić information content (AvgIpc) is 2.31. The fraction of sp³-hybridized carbons (Fsp3) is 0.667. The van der Waals surface area contributed by atoms with E-state index in [1.807, 2.05) is 0 Å². The normalized spacial score (nSPS) is 14.8. The van der Waals surface area contributed by atoms with E-state index >= 15 is 0 Å². The quantitative estimate of drug-likeness (QED) is 0.133. The van der Waals surface area contributed by atoms with Gasteiger partial charge in [0, 0.05) is 13.1 Å². The predicted octanol–water partition coefficient (Wildman–Crippen LogP) is -1.07. The number of hydrogen-bond donors (Lipinski definition) is 5. The van der Waals surface area contributed by atoms with E-state index in [2.05, 4.69) is 15.8 Å². The summed E-state index contributed by atoms with van der Waals surface area (Å²) in [5, 5.41) is 16.3. The number of rotatable bonds is 6. The molecule has 1 atom stereocenters. The molecule has 3 amide bonds. The molecular formula is C9H19N5O3. The first-order chi connectivity index (χ1) is 7.88. The zero-order chi connectivity index (χ0) is 13.5. The van der Waals surface area contributed by atoms with Crippen LogP contribution in [-0.4, -0.2) is 36.1 Å². The molecule has 0 spiro atoms. The molecule has 0 fully saturated rings. The maximum atomic E-state index is 11.8. The van der Waals surface area contributed by atoms with Crippen LogP contribution in [0.5, 0.6) is 0 Å². The Balaban J connectivity index is 4.32. The highest BCUT2D eigenvalue weighted by atomic mass is 16.4. The number of carbonyl (C=O) groups is 2. The van der Waals surface area contributed by atoms with Crippen molar-refractivity contribution >= 4 is 17.8 Å². The van der Waals surface area contributed by atoms with E-state index in [0.717, 1.165) is 0 Å². The predicted molar refractivity (Wildman–Crippen MR) is 62.4 cm³/mol. The van der Waals surface area contributed by atoms with Crippen LogP contribution in [0.25, 0.3) is 0 Å². The van der Waals surface area contributed by atoms with Gasteiger partial charge in [0.05, 0.1) is 0 Å². The molecule has 0 heterocycles. The van der Waals surface area contributed by atoms with Crippen LogP contribution < -0.4 is 22.1 Å². The van der Waals surface area contributed by atoms with E-state index < -0.39 is 11.4 Å². The van der Waals surface area contributed by atoms with E-state index in [4.69, 9.17) is 16.7 Å². The van der Waals surface area contributed by atoms with Gasteiger partial charge >= 0.3 is 6.03 Å². The van der Waals surface area contributed by atoms with Gasteiger partial charge in [-0.1, -0.05) is 12.1 Å². The van der Waals surface area contributed by atoms with E-state index in [-0.39, 0.29) is 24.8 Å². The number of carbonyl (C=O) groups excluding carboxylic acids is 2. The number of primary amides is 1. The van der Waals surface area contributed by atoms with Crippen LogP contribution in [0.4, 0.5) is 4.79 Å². The second-order valence-corrected chi connectivity index (χ2v) is 3.72. The van der Waals surface area contributed by atoms with Gasteiger partial charge in [0.1, 0.15) is 5.41 Å². The Morgan fingerprint density at radius 3 is 2.24 bits per heavy atom. The number of nitrogens with two attached hydrogens (primary N) is 2. The number of amidine groups is 1. The third-order valence-electron chi connectivity index (χ3n) is 2.59. The van der Waals surface area contributed by atoms with E-state index in [0.29, 0.717) is 6.42 Å². The lowest BCUT2D eigenvalue weighted by molar-refractivity contribution is -0.127.